The van der Waals surface area contributed by atoms with Gasteiger partial charge in [0.15, 0.2) is 11.6 Å². The monoisotopic (exact) mass is 349 g/mol. The first kappa shape index (κ1) is 19.3. The van der Waals surface area contributed by atoms with Gasteiger partial charge in [-0.3, -0.25) is 0 Å². The Morgan fingerprint density at radius 3 is 2.52 bits per heavy atom. The predicted molar refractivity (Wildman–Crippen MR) is 83.4 cm³/mol. The van der Waals surface area contributed by atoms with Gasteiger partial charge in [-0.05, 0) is 38.0 Å². The van der Waals surface area contributed by atoms with Crippen molar-refractivity contribution >= 4 is 16.1 Å². The standard InChI is InChI=1S/C14H21F2N3O3S/c1-3-23(21,22)18-8-4-7-17-14(20)19-10(2)11-5-6-12(15)13(16)9-11/h5-6,9-10,18H,3-4,7-8H2,1-2H3,(H2,17,19,20)/t10-/m0/s1. The molecule has 0 aliphatic heterocycles. The summed E-state index contributed by atoms with van der Waals surface area (Å²) in [5.74, 6) is -1.91. The Bertz CT molecular complexity index is 638. The van der Waals surface area contributed by atoms with E-state index in [0.717, 1.165) is 12.1 Å². The van der Waals surface area contributed by atoms with Crippen molar-refractivity contribution in [3.63, 3.8) is 0 Å². The summed E-state index contributed by atoms with van der Waals surface area (Å²) >= 11 is 0. The number of hydrogen-bond donors (Lipinski definition) is 3. The minimum atomic E-state index is -3.23. The van der Waals surface area contributed by atoms with Crippen LogP contribution in [0.25, 0.3) is 0 Å². The number of benzene rings is 1. The fourth-order valence-corrected chi connectivity index (χ4v) is 2.39. The lowest BCUT2D eigenvalue weighted by Crippen LogP contribution is -2.38. The highest BCUT2D eigenvalue weighted by Crippen LogP contribution is 2.15. The van der Waals surface area contributed by atoms with Crippen molar-refractivity contribution in [3.8, 4) is 0 Å². The summed E-state index contributed by atoms with van der Waals surface area (Å²) in [6.45, 7) is 3.69. The molecule has 0 spiro atoms. The van der Waals surface area contributed by atoms with E-state index in [2.05, 4.69) is 15.4 Å². The summed E-state index contributed by atoms with van der Waals surface area (Å²) in [7, 11) is -3.23. The van der Waals surface area contributed by atoms with Crippen molar-refractivity contribution in [1.29, 1.82) is 0 Å². The van der Waals surface area contributed by atoms with Crippen molar-refractivity contribution in [2.24, 2.45) is 0 Å². The zero-order valence-corrected chi connectivity index (χ0v) is 13.8. The van der Waals surface area contributed by atoms with E-state index in [1.807, 2.05) is 0 Å². The third kappa shape index (κ3) is 6.91. The van der Waals surface area contributed by atoms with Crippen LogP contribution in [0.15, 0.2) is 18.2 Å². The summed E-state index contributed by atoms with van der Waals surface area (Å²) in [5, 5.41) is 5.14. The molecule has 0 bridgehead atoms. The van der Waals surface area contributed by atoms with Crippen LogP contribution in [0.5, 0.6) is 0 Å². The Labute approximate surface area is 134 Å². The number of urea groups is 1. The minimum absolute atomic E-state index is 0.00661. The normalized spacial score (nSPS) is 12.7. The van der Waals surface area contributed by atoms with Crippen LogP contribution in [-0.2, 0) is 10.0 Å². The maximum absolute atomic E-state index is 13.1. The number of sulfonamides is 1. The second-order valence-electron chi connectivity index (χ2n) is 4.95. The SMILES string of the molecule is CCS(=O)(=O)NCCCNC(=O)N[C@@H](C)c1ccc(F)c(F)c1. The number of halogens is 2. The van der Waals surface area contributed by atoms with Crippen molar-refractivity contribution < 1.29 is 22.0 Å². The van der Waals surface area contributed by atoms with Gasteiger partial charge in [-0.25, -0.2) is 26.7 Å². The maximum Gasteiger partial charge on any atom is 0.315 e. The van der Waals surface area contributed by atoms with Crippen LogP contribution in [0.1, 0.15) is 31.9 Å². The molecule has 0 heterocycles. The molecule has 1 rings (SSSR count). The Hall–Kier alpha value is -1.74. The Morgan fingerprint density at radius 1 is 1.22 bits per heavy atom. The van der Waals surface area contributed by atoms with Crippen molar-refractivity contribution in [2.45, 2.75) is 26.3 Å². The molecule has 1 aromatic carbocycles. The van der Waals surface area contributed by atoms with Gasteiger partial charge in [-0.1, -0.05) is 6.07 Å². The fraction of sp³-hybridized carbons (Fsp3) is 0.500. The van der Waals surface area contributed by atoms with Gasteiger partial charge in [0.25, 0.3) is 0 Å². The van der Waals surface area contributed by atoms with E-state index in [-0.39, 0.29) is 18.8 Å². The summed E-state index contributed by atoms with van der Waals surface area (Å²) in [4.78, 5) is 11.7. The lowest BCUT2D eigenvalue weighted by Gasteiger charge is -2.15. The largest absolute Gasteiger partial charge is 0.338 e. The second kappa shape index (κ2) is 8.78. The highest BCUT2D eigenvalue weighted by Gasteiger charge is 2.11. The molecule has 130 valence electrons. The molecule has 23 heavy (non-hydrogen) atoms. The average molecular weight is 349 g/mol. The lowest BCUT2D eigenvalue weighted by atomic mass is 10.1. The molecule has 1 aromatic rings. The van der Waals surface area contributed by atoms with Gasteiger partial charge in [-0.15, -0.1) is 0 Å². The first-order chi connectivity index (χ1) is 10.7. The number of hydrogen-bond acceptors (Lipinski definition) is 3. The second-order valence-corrected chi connectivity index (χ2v) is 7.04. The maximum atomic E-state index is 13.1. The van der Waals surface area contributed by atoms with Crippen LogP contribution in [0.3, 0.4) is 0 Å². The molecule has 0 radical (unpaired) electrons. The van der Waals surface area contributed by atoms with Crippen molar-refractivity contribution in [3.05, 3.63) is 35.4 Å². The Balaban J connectivity index is 2.32. The molecule has 6 nitrogen and oxygen atoms in total. The fourth-order valence-electron chi connectivity index (χ4n) is 1.73. The van der Waals surface area contributed by atoms with E-state index in [1.54, 1.807) is 6.92 Å². The lowest BCUT2D eigenvalue weighted by molar-refractivity contribution is 0.238. The molecule has 2 amide bonds. The van der Waals surface area contributed by atoms with E-state index in [0.29, 0.717) is 12.0 Å². The van der Waals surface area contributed by atoms with E-state index >= 15 is 0 Å². The Kier molecular flexibility index (Phi) is 7.37. The molecule has 0 aliphatic rings. The topological polar surface area (TPSA) is 87.3 Å². The number of carbonyl (C=O) groups is 1. The van der Waals surface area contributed by atoms with Crippen molar-refractivity contribution in [2.75, 3.05) is 18.8 Å². The van der Waals surface area contributed by atoms with Gasteiger partial charge < -0.3 is 10.6 Å². The number of rotatable bonds is 8. The van der Waals surface area contributed by atoms with Gasteiger partial charge in [0.1, 0.15) is 0 Å². The number of carbonyl (C=O) groups excluding carboxylic acids is 1. The minimum Gasteiger partial charge on any atom is -0.338 e. The zero-order valence-electron chi connectivity index (χ0n) is 13.0. The van der Waals surface area contributed by atoms with Crippen molar-refractivity contribution in [1.82, 2.24) is 15.4 Å². The van der Waals surface area contributed by atoms with Crippen LogP contribution in [-0.4, -0.2) is 33.3 Å². The summed E-state index contributed by atoms with van der Waals surface area (Å²) < 4.78 is 50.7. The number of amides is 2. The quantitative estimate of drug-likeness (QED) is 0.624. The van der Waals surface area contributed by atoms with Crippen LogP contribution >= 0.6 is 0 Å². The Morgan fingerprint density at radius 2 is 1.91 bits per heavy atom. The third-order valence-corrected chi connectivity index (χ3v) is 4.54. The zero-order chi connectivity index (χ0) is 17.5. The van der Waals surface area contributed by atoms with Crippen LogP contribution < -0.4 is 15.4 Å². The van der Waals surface area contributed by atoms with E-state index < -0.39 is 33.7 Å². The molecule has 9 heteroatoms. The summed E-state index contributed by atoms with van der Waals surface area (Å²) in [6, 6.07) is 2.45. The van der Waals surface area contributed by atoms with Gasteiger partial charge in [0.05, 0.1) is 11.8 Å². The first-order valence-corrected chi connectivity index (χ1v) is 8.87. The molecular weight excluding hydrogens is 328 g/mol. The van der Waals surface area contributed by atoms with E-state index in [4.69, 9.17) is 0 Å². The van der Waals surface area contributed by atoms with Crippen LogP contribution in [0.4, 0.5) is 13.6 Å². The first-order valence-electron chi connectivity index (χ1n) is 7.22. The van der Waals surface area contributed by atoms with Gasteiger partial charge in [-0.2, -0.15) is 0 Å². The molecule has 1 atom stereocenters. The highest BCUT2D eigenvalue weighted by molar-refractivity contribution is 7.89. The molecule has 0 saturated heterocycles. The van der Waals surface area contributed by atoms with E-state index in [9.17, 15) is 22.0 Å². The molecule has 0 aliphatic carbocycles. The average Bonchev–Trinajstić information content (AvgIpc) is 2.49. The number of nitrogens with one attached hydrogen (secondary N) is 3. The molecule has 0 aromatic heterocycles. The predicted octanol–water partition coefficient (Wildman–Crippen LogP) is 1.65. The molecule has 0 unspecified atom stereocenters. The summed E-state index contributed by atoms with van der Waals surface area (Å²) in [6.07, 6.45) is 0.437. The van der Waals surface area contributed by atoms with Crippen LogP contribution in [0, 0.1) is 11.6 Å². The van der Waals surface area contributed by atoms with E-state index in [1.165, 1.54) is 13.0 Å². The highest BCUT2D eigenvalue weighted by atomic mass is 32.2. The van der Waals surface area contributed by atoms with Gasteiger partial charge in [0.2, 0.25) is 10.0 Å². The third-order valence-electron chi connectivity index (χ3n) is 3.13. The molecule has 0 saturated carbocycles. The molecule has 0 fully saturated rings. The molecular formula is C14H21F2N3O3S. The van der Waals surface area contributed by atoms with Crippen LogP contribution in [0.2, 0.25) is 0 Å². The van der Waals surface area contributed by atoms with Gasteiger partial charge >= 0.3 is 6.03 Å². The smallest absolute Gasteiger partial charge is 0.315 e. The summed E-state index contributed by atoms with van der Waals surface area (Å²) in [5.41, 5.74) is 0.440. The molecule has 3 N–H and O–H groups in total. The van der Waals surface area contributed by atoms with Gasteiger partial charge in [0, 0.05) is 13.1 Å².